The van der Waals surface area contributed by atoms with Gasteiger partial charge in [0, 0.05) is 0 Å². The average Bonchev–Trinajstić information content (AvgIpc) is 2.79. The predicted octanol–water partition coefficient (Wildman–Crippen LogP) is 3.62. The van der Waals surface area contributed by atoms with Crippen LogP contribution >= 0.6 is 0 Å². The van der Waals surface area contributed by atoms with Crippen molar-refractivity contribution in [3.8, 4) is 0 Å². The van der Waals surface area contributed by atoms with Crippen molar-refractivity contribution in [1.82, 2.24) is 0 Å². The van der Waals surface area contributed by atoms with Crippen molar-refractivity contribution >= 4 is 37.3 Å². The summed E-state index contributed by atoms with van der Waals surface area (Å²) < 4.78 is 54.2. The minimum atomic E-state index is -3.90. The van der Waals surface area contributed by atoms with E-state index < -0.39 is 31.4 Å². The molecule has 1 N–H and O–H groups in total. The third-order valence-electron chi connectivity index (χ3n) is 5.13. The second-order valence-electron chi connectivity index (χ2n) is 8.50. The quantitative estimate of drug-likeness (QED) is 0.750. The number of para-hydroxylation sites is 1. The van der Waals surface area contributed by atoms with E-state index >= 15 is 0 Å². The molecule has 0 spiro atoms. The van der Waals surface area contributed by atoms with Crippen molar-refractivity contribution in [3.63, 3.8) is 0 Å². The Kier molecular flexibility index (Phi) is 5.49. The van der Waals surface area contributed by atoms with Gasteiger partial charge in [-0.15, -0.1) is 0 Å². The van der Waals surface area contributed by atoms with Crippen LogP contribution in [-0.2, 0) is 24.8 Å². The van der Waals surface area contributed by atoms with Crippen LogP contribution in [0.1, 0.15) is 44.7 Å². The molecule has 2 aromatic carbocycles. The monoisotopic (exact) mass is 450 g/mol. The van der Waals surface area contributed by atoms with Crippen molar-refractivity contribution in [2.75, 3.05) is 14.8 Å². The zero-order chi connectivity index (χ0) is 22.5. The van der Waals surface area contributed by atoms with E-state index in [1.54, 1.807) is 13.8 Å². The molecule has 30 heavy (non-hydrogen) atoms. The Morgan fingerprint density at radius 2 is 1.67 bits per heavy atom. The number of carbonyl (C=O) groups excluding carboxylic acids is 1. The molecule has 0 saturated carbocycles. The van der Waals surface area contributed by atoms with Crippen LogP contribution in [0.25, 0.3) is 0 Å². The van der Waals surface area contributed by atoms with E-state index in [9.17, 15) is 21.6 Å². The molecule has 9 heteroatoms. The molecule has 1 aliphatic rings. The summed E-state index contributed by atoms with van der Waals surface area (Å²) in [4.78, 5) is 12.5. The zero-order valence-corrected chi connectivity index (χ0v) is 19.3. The topological polar surface area (TPSA) is 101 Å². The standard InChI is InChI=1S/C21H26N2O5S2/c1-14(2)18-8-6-7-15(3)19(18)22-30(27,28)17-11-9-16(10-12-17)23-20(24)21(4,5)13-29(23,25)26/h6-12,14,22H,13H2,1-5H3. The number of nitrogens with zero attached hydrogens (tertiary/aromatic N) is 1. The third-order valence-corrected chi connectivity index (χ3v) is 8.51. The van der Waals surface area contributed by atoms with Gasteiger partial charge in [-0.3, -0.25) is 9.52 Å². The maximum Gasteiger partial charge on any atom is 0.261 e. The predicted molar refractivity (Wildman–Crippen MR) is 118 cm³/mol. The molecule has 0 atom stereocenters. The summed E-state index contributed by atoms with van der Waals surface area (Å²) in [7, 11) is -7.70. The summed E-state index contributed by atoms with van der Waals surface area (Å²) in [5, 5.41) is 0. The van der Waals surface area contributed by atoms with E-state index in [1.807, 2.05) is 39.0 Å². The van der Waals surface area contributed by atoms with Crippen molar-refractivity contribution < 1.29 is 21.6 Å². The van der Waals surface area contributed by atoms with E-state index in [0.29, 0.717) is 5.69 Å². The molecule has 0 bridgehead atoms. The maximum absolute atomic E-state index is 12.9. The first-order valence-corrected chi connectivity index (χ1v) is 12.7. The normalized spacial score (nSPS) is 18.1. The van der Waals surface area contributed by atoms with Gasteiger partial charge in [0.05, 0.1) is 27.4 Å². The second-order valence-corrected chi connectivity index (χ2v) is 12.0. The maximum atomic E-state index is 12.9. The zero-order valence-electron chi connectivity index (χ0n) is 17.6. The van der Waals surface area contributed by atoms with Crippen LogP contribution in [0.15, 0.2) is 47.4 Å². The van der Waals surface area contributed by atoms with Crippen molar-refractivity contribution in [2.24, 2.45) is 5.41 Å². The first-order valence-electron chi connectivity index (χ1n) is 9.56. The highest BCUT2D eigenvalue weighted by atomic mass is 32.2. The SMILES string of the molecule is Cc1cccc(C(C)C)c1NS(=O)(=O)c1ccc(N2C(=O)C(C)(C)CS2(=O)=O)cc1. The summed E-state index contributed by atoms with van der Waals surface area (Å²) in [5.74, 6) is -0.691. The van der Waals surface area contributed by atoms with Crippen LogP contribution in [0.4, 0.5) is 11.4 Å². The lowest BCUT2D eigenvalue weighted by atomic mass is 9.95. The Bertz CT molecular complexity index is 1200. The molecule has 1 aliphatic heterocycles. The molecule has 162 valence electrons. The van der Waals surface area contributed by atoms with Gasteiger partial charge in [0.2, 0.25) is 15.9 Å². The highest BCUT2D eigenvalue weighted by Gasteiger charge is 2.49. The summed E-state index contributed by atoms with van der Waals surface area (Å²) in [5.41, 5.74) is 1.32. The Morgan fingerprint density at radius 1 is 1.07 bits per heavy atom. The summed E-state index contributed by atoms with van der Waals surface area (Å²) in [6.07, 6.45) is 0. The highest BCUT2D eigenvalue weighted by molar-refractivity contribution is 7.94. The first kappa shape index (κ1) is 22.3. The molecule has 3 rings (SSSR count). The van der Waals surface area contributed by atoms with Crippen LogP contribution < -0.4 is 9.03 Å². The molecule has 1 heterocycles. The fraction of sp³-hybridized carbons (Fsp3) is 0.381. The van der Waals surface area contributed by atoms with Crippen LogP contribution in [-0.4, -0.2) is 28.5 Å². The average molecular weight is 451 g/mol. The minimum absolute atomic E-state index is 0.0208. The van der Waals surface area contributed by atoms with E-state index in [-0.39, 0.29) is 22.3 Å². The number of sulfonamides is 2. The lowest BCUT2D eigenvalue weighted by Gasteiger charge is -2.19. The first-order chi connectivity index (χ1) is 13.8. The number of amides is 1. The molecule has 2 aromatic rings. The largest absolute Gasteiger partial charge is 0.279 e. The van der Waals surface area contributed by atoms with Crippen LogP contribution in [0.2, 0.25) is 0 Å². The molecule has 0 aromatic heterocycles. The van der Waals surface area contributed by atoms with Gasteiger partial charge in [0.15, 0.2) is 0 Å². The summed E-state index contributed by atoms with van der Waals surface area (Å²) >= 11 is 0. The number of hydrogen-bond donors (Lipinski definition) is 1. The lowest BCUT2D eigenvalue weighted by molar-refractivity contribution is -0.123. The molecular formula is C21H26N2O5S2. The van der Waals surface area contributed by atoms with E-state index in [4.69, 9.17) is 0 Å². The van der Waals surface area contributed by atoms with Crippen molar-refractivity contribution in [3.05, 3.63) is 53.6 Å². The van der Waals surface area contributed by atoms with Gasteiger partial charge in [-0.05, 0) is 62.1 Å². The Hall–Kier alpha value is -2.39. The Balaban J connectivity index is 1.95. The van der Waals surface area contributed by atoms with Crippen molar-refractivity contribution in [1.29, 1.82) is 0 Å². The van der Waals surface area contributed by atoms with Crippen LogP contribution in [0.3, 0.4) is 0 Å². The van der Waals surface area contributed by atoms with Crippen LogP contribution in [0.5, 0.6) is 0 Å². The molecule has 7 nitrogen and oxygen atoms in total. The number of benzene rings is 2. The summed E-state index contributed by atoms with van der Waals surface area (Å²) in [6.45, 7) is 8.94. The summed E-state index contributed by atoms with van der Waals surface area (Å²) in [6, 6.07) is 10.9. The van der Waals surface area contributed by atoms with Gasteiger partial charge in [0.1, 0.15) is 0 Å². The molecule has 1 amide bonds. The fourth-order valence-corrected chi connectivity index (χ4v) is 6.79. The smallest absolute Gasteiger partial charge is 0.261 e. The Labute approximate surface area is 178 Å². The van der Waals surface area contributed by atoms with Crippen LogP contribution in [0, 0.1) is 12.3 Å². The molecule has 0 aliphatic carbocycles. The van der Waals surface area contributed by atoms with Gasteiger partial charge in [-0.25, -0.2) is 21.1 Å². The van der Waals surface area contributed by atoms with Gasteiger partial charge in [-0.2, -0.15) is 0 Å². The third kappa shape index (κ3) is 3.96. The molecule has 1 fully saturated rings. The Morgan fingerprint density at radius 3 is 2.17 bits per heavy atom. The minimum Gasteiger partial charge on any atom is -0.279 e. The van der Waals surface area contributed by atoms with Gasteiger partial charge >= 0.3 is 0 Å². The number of anilines is 2. The fourth-order valence-electron chi connectivity index (χ4n) is 3.53. The molecule has 0 radical (unpaired) electrons. The van der Waals surface area contributed by atoms with Gasteiger partial charge in [-0.1, -0.05) is 32.0 Å². The van der Waals surface area contributed by atoms with E-state index in [2.05, 4.69) is 4.72 Å². The highest BCUT2D eigenvalue weighted by Crippen LogP contribution is 2.36. The molecular weight excluding hydrogens is 424 g/mol. The van der Waals surface area contributed by atoms with E-state index in [0.717, 1.165) is 15.4 Å². The number of rotatable bonds is 5. The molecule has 1 saturated heterocycles. The number of nitrogens with one attached hydrogen (secondary N) is 1. The number of hydrogen-bond acceptors (Lipinski definition) is 5. The second kappa shape index (κ2) is 7.39. The molecule has 0 unspecified atom stereocenters. The van der Waals surface area contributed by atoms with E-state index in [1.165, 1.54) is 24.3 Å². The number of aryl methyl sites for hydroxylation is 1. The van der Waals surface area contributed by atoms with Gasteiger partial charge in [0.25, 0.3) is 10.0 Å². The lowest BCUT2D eigenvalue weighted by Crippen LogP contribution is -2.32. The number of carbonyl (C=O) groups is 1. The van der Waals surface area contributed by atoms with Crippen molar-refractivity contribution in [2.45, 2.75) is 45.4 Å². The van der Waals surface area contributed by atoms with Gasteiger partial charge < -0.3 is 0 Å².